The summed E-state index contributed by atoms with van der Waals surface area (Å²) in [5.41, 5.74) is -1.79. The number of nitrogens with one attached hydrogen (secondary N) is 2. The summed E-state index contributed by atoms with van der Waals surface area (Å²) in [5.74, 6) is -3.04. The summed E-state index contributed by atoms with van der Waals surface area (Å²) < 4.78 is 43.4. The summed E-state index contributed by atoms with van der Waals surface area (Å²) in [5, 5.41) is 16.2. The molecule has 0 aromatic heterocycles. The van der Waals surface area contributed by atoms with Crippen LogP contribution < -0.4 is 10.6 Å². The first-order valence-electron chi connectivity index (χ1n) is 11.3. The number of benzene rings is 2. The summed E-state index contributed by atoms with van der Waals surface area (Å²) in [7, 11) is 0. The van der Waals surface area contributed by atoms with Gasteiger partial charge in [0.2, 0.25) is 0 Å². The lowest BCUT2D eigenvalue weighted by Crippen LogP contribution is -2.66. The number of anilines is 2. The third-order valence-electron chi connectivity index (χ3n) is 6.06. The quantitative estimate of drug-likeness (QED) is 0.319. The Morgan fingerprint density at radius 3 is 2.53 bits per heavy atom. The van der Waals surface area contributed by atoms with Crippen LogP contribution in [0.1, 0.15) is 43.5 Å². The Kier molecular flexibility index (Phi) is 8.86. The fourth-order valence-corrected chi connectivity index (χ4v) is 4.33. The van der Waals surface area contributed by atoms with Crippen LogP contribution in [0.5, 0.6) is 0 Å². The predicted molar refractivity (Wildman–Crippen MR) is 135 cm³/mol. The van der Waals surface area contributed by atoms with E-state index in [0.717, 1.165) is 31.4 Å². The van der Waals surface area contributed by atoms with E-state index in [2.05, 4.69) is 24.5 Å². The van der Waals surface area contributed by atoms with Gasteiger partial charge in [0.1, 0.15) is 11.4 Å². The van der Waals surface area contributed by atoms with Crippen molar-refractivity contribution < 1.29 is 23.1 Å². The van der Waals surface area contributed by atoms with Crippen molar-refractivity contribution >= 4 is 39.9 Å². The minimum absolute atomic E-state index is 0.0372. The molecule has 3 rings (SSSR count). The van der Waals surface area contributed by atoms with Crippen LogP contribution in [-0.2, 0) is 0 Å². The molecule has 2 aromatic rings. The van der Waals surface area contributed by atoms with Crippen molar-refractivity contribution in [3.8, 4) is 0 Å². The van der Waals surface area contributed by atoms with Crippen LogP contribution in [0.4, 0.5) is 24.5 Å². The van der Waals surface area contributed by atoms with Crippen molar-refractivity contribution in [2.24, 2.45) is 5.92 Å². The lowest BCUT2D eigenvalue weighted by molar-refractivity contribution is -0.0768. The molecule has 184 valence electrons. The molecule has 0 spiro atoms. The summed E-state index contributed by atoms with van der Waals surface area (Å²) >= 11 is 1.93. The molecule has 0 atom stereocenters. The van der Waals surface area contributed by atoms with Gasteiger partial charge in [-0.25, -0.2) is 13.2 Å². The Labute approximate surface area is 211 Å². The second kappa shape index (κ2) is 11.4. The minimum Gasteiger partial charge on any atom is -0.388 e. The Bertz CT molecular complexity index is 1050. The number of hydrogen-bond donors (Lipinski definition) is 3. The second-order valence-corrected chi connectivity index (χ2v) is 9.87. The molecule has 2 aromatic carbocycles. The fourth-order valence-electron chi connectivity index (χ4n) is 3.88. The van der Waals surface area contributed by atoms with Crippen LogP contribution in [0.3, 0.4) is 0 Å². The average molecular weight is 587 g/mol. The highest BCUT2D eigenvalue weighted by atomic mass is 127. The average Bonchev–Trinajstić information content (AvgIpc) is 2.78. The Balaban J connectivity index is 1.65. The molecule has 0 unspecified atom stereocenters. The molecule has 5 nitrogen and oxygen atoms in total. The zero-order valence-electron chi connectivity index (χ0n) is 19.2. The van der Waals surface area contributed by atoms with E-state index in [4.69, 9.17) is 0 Å². The predicted octanol–water partition coefficient (Wildman–Crippen LogP) is 5.57. The van der Waals surface area contributed by atoms with Gasteiger partial charge in [-0.05, 0) is 71.5 Å². The van der Waals surface area contributed by atoms with Gasteiger partial charge in [-0.1, -0.05) is 32.8 Å². The number of aliphatic hydroxyl groups is 1. The topological polar surface area (TPSA) is 64.6 Å². The minimum atomic E-state index is -1.27. The Morgan fingerprint density at radius 2 is 1.88 bits per heavy atom. The molecule has 0 bridgehead atoms. The van der Waals surface area contributed by atoms with E-state index >= 15 is 0 Å². The number of halogens is 4. The molecule has 1 aliphatic rings. The lowest BCUT2D eigenvalue weighted by atomic mass is 9.92. The highest BCUT2D eigenvalue weighted by molar-refractivity contribution is 14.1. The highest BCUT2D eigenvalue weighted by Crippen LogP contribution is 2.31. The first-order chi connectivity index (χ1) is 16.2. The van der Waals surface area contributed by atoms with E-state index in [0.29, 0.717) is 9.49 Å². The number of amides is 1. The first kappa shape index (κ1) is 26.3. The maximum absolute atomic E-state index is 14.6. The number of carbonyl (C=O) groups excluding carboxylic acids is 1. The molecule has 9 heteroatoms. The number of rotatable bonds is 10. The van der Waals surface area contributed by atoms with E-state index in [1.807, 2.05) is 34.9 Å². The third-order valence-corrected chi connectivity index (χ3v) is 6.74. The molecule has 0 saturated carbocycles. The monoisotopic (exact) mass is 587 g/mol. The molecule has 0 radical (unpaired) electrons. The van der Waals surface area contributed by atoms with Crippen LogP contribution in [-0.4, -0.2) is 41.1 Å². The van der Waals surface area contributed by atoms with E-state index < -0.39 is 34.6 Å². The summed E-state index contributed by atoms with van der Waals surface area (Å²) in [6, 6.07) is 6.25. The lowest BCUT2D eigenvalue weighted by Gasteiger charge is -2.46. The van der Waals surface area contributed by atoms with Crippen LogP contribution in [0.15, 0.2) is 42.6 Å². The van der Waals surface area contributed by atoms with Gasteiger partial charge in [-0.3, -0.25) is 4.79 Å². The van der Waals surface area contributed by atoms with Crippen molar-refractivity contribution in [1.82, 2.24) is 10.2 Å². The van der Waals surface area contributed by atoms with Crippen molar-refractivity contribution in [2.75, 3.05) is 25.0 Å². The van der Waals surface area contributed by atoms with Crippen molar-refractivity contribution in [3.05, 3.63) is 69.2 Å². The van der Waals surface area contributed by atoms with Gasteiger partial charge in [-0.15, -0.1) is 0 Å². The first-order valence-corrected chi connectivity index (χ1v) is 12.4. The Morgan fingerprint density at radius 1 is 1.18 bits per heavy atom. The van der Waals surface area contributed by atoms with Gasteiger partial charge in [-0.2, -0.15) is 0 Å². The molecule has 0 aliphatic carbocycles. The number of carbonyl (C=O) groups is 1. The molecule has 1 fully saturated rings. The van der Waals surface area contributed by atoms with Gasteiger partial charge < -0.3 is 20.6 Å². The number of β-amino-alcohol motifs (C(OH)–C–C–N with tert-alkyl or cyclic N) is 1. The van der Waals surface area contributed by atoms with Gasteiger partial charge in [0.15, 0.2) is 11.6 Å². The standard InChI is InChI=1S/C25H29F3IN3O2/c1-3-16(4-2)6-5-11-30-13-25(34)14-32(15-25)24(33)18-8-9-19(26)22(28)23(18)31-21-10-7-17(29)12-20(21)27/h5,7-12,16,30-31,34H,3-4,6,13-15H2,1-2H3/b11-5+. The van der Waals surface area contributed by atoms with E-state index in [-0.39, 0.29) is 30.9 Å². The largest absolute Gasteiger partial charge is 0.388 e. The van der Waals surface area contributed by atoms with Crippen LogP contribution in [0, 0.1) is 26.9 Å². The van der Waals surface area contributed by atoms with Gasteiger partial charge >= 0.3 is 0 Å². The van der Waals surface area contributed by atoms with Crippen LogP contribution in [0.2, 0.25) is 0 Å². The third kappa shape index (κ3) is 6.24. The van der Waals surface area contributed by atoms with E-state index in [1.165, 1.54) is 17.0 Å². The SMILES string of the molecule is CCC(CC)C/C=C/NCC1(O)CN(C(=O)c2ccc(F)c(F)c2Nc2ccc(I)cc2F)C1. The molecule has 1 aliphatic heterocycles. The van der Waals surface area contributed by atoms with Crippen LogP contribution >= 0.6 is 22.6 Å². The normalized spacial score (nSPS) is 15.0. The Hall–Kier alpha value is -2.27. The maximum Gasteiger partial charge on any atom is 0.256 e. The summed E-state index contributed by atoms with van der Waals surface area (Å²) in [4.78, 5) is 14.3. The summed E-state index contributed by atoms with van der Waals surface area (Å²) in [6.07, 6.45) is 7.02. The molecule has 1 heterocycles. The van der Waals surface area contributed by atoms with Gasteiger partial charge in [0.25, 0.3) is 5.91 Å². The summed E-state index contributed by atoms with van der Waals surface area (Å²) in [6.45, 7) is 4.64. The van der Waals surface area contributed by atoms with Crippen molar-refractivity contribution in [1.29, 1.82) is 0 Å². The smallest absolute Gasteiger partial charge is 0.256 e. The van der Waals surface area contributed by atoms with Crippen LogP contribution in [0.25, 0.3) is 0 Å². The number of nitrogens with zero attached hydrogens (tertiary/aromatic N) is 1. The van der Waals surface area contributed by atoms with Gasteiger partial charge in [0.05, 0.1) is 30.0 Å². The zero-order valence-corrected chi connectivity index (χ0v) is 21.3. The van der Waals surface area contributed by atoms with E-state index in [1.54, 1.807) is 6.07 Å². The number of likely N-dealkylation sites (tertiary alicyclic amines) is 1. The van der Waals surface area contributed by atoms with Gasteiger partial charge in [0, 0.05) is 10.1 Å². The molecule has 1 amide bonds. The molecular formula is C25H29F3IN3O2. The molecule has 1 saturated heterocycles. The second-order valence-electron chi connectivity index (χ2n) is 8.62. The zero-order chi connectivity index (χ0) is 24.9. The van der Waals surface area contributed by atoms with Crippen molar-refractivity contribution in [3.63, 3.8) is 0 Å². The fraction of sp³-hybridized carbons (Fsp3) is 0.400. The number of hydrogen-bond acceptors (Lipinski definition) is 4. The number of allylic oxidation sites excluding steroid dienone is 1. The molecular weight excluding hydrogens is 558 g/mol. The maximum atomic E-state index is 14.6. The van der Waals surface area contributed by atoms with E-state index in [9.17, 15) is 23.1 Å². The molecule has 3 N–H and O–H groups in total. The van der Waals surface area contributed by atoms with Crippen molar-refractivity contribution in [2.45, 2.75) is 38.7 Å². The highest BCUT2D eigenvalue weighted by Gasteiger charge is 2.44. The molecule has 34 heavy (non-hydrogen) atoms.